The molecule has 2 aromatic rings. The third-order valence-corrected chi connectivity index (χ3v) is 5.62. The van der Waals surface area contributed by atoms with Crippen molar-refractivity contribution in [3.05, 3.63) is 71.6 Å². The minimum Gasteiger partial charge on any atom is -0.378 e. The number of nitrogens with zero attached hydrogens (tertiary/aromatic N) is 2. The lowest BCUT2D eigenvalue weighted by Gasteiger charge is -2.28. The molecule has 5 heteroatoms. The van der Waals surface area contributed by atoms with Gasteiger partial charge < -0.3 is 15.0 Å². The first kappa shape index (κ1) is 21.9. The first-order valence-corrected chi connectivity index (χ1v) is 11.1. The topological polar surface area (TPSA) is 54.5 Å². The summed E-state index contributed by atoms with van der Waals surface area (Å²) >= 11 is 0. The number of morpholine rings is 1. The maximum Gasteiger partial charge on any atom is 0.226 e. The molecule has 1 aromatic carbocycles. The predicted octanol–water partition coefficient (Wildman–Crippen LogP) is 3.91. The van der Waals surface area contributed by atoms with E-state index >= 15 is 0 Å². The van der Waals surface area contributed by atoms with Gasteiger partial charge >= 0.3 is 0 Å². The van der Waals surface area contributed by atoms with Gasteiger partial charge in [0.1, 0.15) is 0 Å². The van der Waals surface area contributed by atoms with Gasteiger partial charge in [0, 0.05) is 55.6 Å². The smallest absolute Gasteiger partial charge is 0.226 e. The molecule has 0 bridgehead atoms. The highest BCUT2D eigenvalue weighted by Gasteiger charge is 2.11. The maximum atomic E-state index is 12.4. The van der Waals surface area contributed by atoms with Crippen LogP contribution in [0.2, 0.25) is 0 Å². The molecule has 0 saturated carbocycles. The van der Waals surface area contributed by atoms with Gasteiger partial charge in [-0.2, -0.15) is 0 Å². The van der Waals surface area contributed by atoms with Crippen molar-refractivity contribution < 1.29 is 9.53 Å². The van der Waals surface area contributed by atoms with Crippen molar-refractivity contribution in [2.75, 3.05) is 37.7 Å². The van der Waals surface area contributed by atoms with E-state index in [1.165, 1.54) is 11.3 Å². The van der Waals surface area contributed by atoms with Crippen molar-refractivity contribution in [3.63, 3.8) is 0 Å². The summed E-state index contributed by atoms with van der Waals surface area (Å²) in [7, 11) is 0. The van der Waals surface area contributed by atoms with E-state index in [4.69, 9.17) is 4.74 Å². The Kier molecular flexibility index (Phi) is 7.37. The summed E-state index contributed by atoms with van der Waals surface area (Å²) in [5.41, 5.74) is 6.47. The fourth-order valence-electron chi connectivity index (χ4n) is 3.82. The number of anilines is 1. The molecular formula is C27H29N3O2. The van der Waals surface area contributed by atoms with Crippen LogP contribution in [-0.4, -0.2) is 43.7 Å². The normalized spacial score (nSPS) is 19.3. The van der Waals surface area contributed by atoms with Gasteiger partial charge in [-0.05, 0) is 36.3 Å². The molecule has 32 heavy (non-hydrogen) atoms. The lowest BCUT2D eigenvalue weighted by atomic mass is 10.1. The molecular weight excluding hydrogens is 398 g/mol. The number of ether oxygens (including phenoxy) is 1. The zero-order valence-corrected chi connectivity index (χ0v) is 18.6. The quantitative estimate of drug-likeness (QED) is 0.710. The zero-order chi connectivity index (χ0) is 22.2. The number of amides is 1. The molecule has 1 saturated heterocycles. The molecule has 1 aromatic heterocycles. The molecule has 1 aliphatic carbocycles. The third kappa shape index (κ3) is 6.09. The third-order valence-electron chi connectivity index (χ3n) is 5.62. The van der Waals surface area contributed by atoms with Crippen molar-refractivity contribution >= 4 is 11.6 Å². The van der Waals surface area contributed by atoms with E-state index in [9.17, 15) is 4.79 Å². The summed E-state index contributed by atoms with van der Waals surface area (Å²) in [6.45, 7) is 6.01. The fraction of sp³-hybridized carbons (Fsp3) is 0.333. The van der Waals surface area contributed by atoms with Crippen LogP contribution in [0.5, 0.6) is 0 Å². The van der Waals surface area contributed by atoms with E-state index in [0.717, 1.165) is 61.5 Å². The van der Waals surface area contributed by atoms with Gasteiger partial charge in [0.25, 0.3) is 0 Å². The van der Waals surface area contributed by atoms with Gasteiger partial charge in [-0.3, -0.25) is 9.78 Å². The summed E-state index contributed by atoms with van der Waals surface area (Å²) in [6.07, 6.45) is 7.82. The Hall–Kier alpha value is -3.36. The van der Waals surface area contributed by atoms with Gasteiger partial charge in [0.05, 0.1) is 19.6 Å². The molecule has 164 valence electrons. The van der Waals surface area contributed by atoms with Crippen molar-refractivity contribution in [3.8, 4) is 23.0 Å². The van der Waals surface area contributed by atoms with Crippen LogP contribution in [0.25, 0.3) is 11.1 Å². The van der Waals surface area contributed by atoms with Crippen molar-refractivity contribution in [1.82, 2.24) is 10.3 Å². The zero-order valence-electron chi connectivity index (χ0n) is 18.6. The number of aromatic nitrogens is 1. The molecule has 0 unspecified atom stereocenters. The van der Waals surface area contributed by atoms with Crippen LogP contribution in [0.15, 0.2) is 65.9 Å². The standard InChI is InChI=1S/C27H29N3O2/c1-21-5-3-2-4-6-22(17-21)19-29-27(31)18-25-10-7-24(20-28-25)23-8-11-26(12-9-23)30-13-15-32-16-14-30/h6-12,17,20H,4-5,13-16,18-19H2,1H3,(H,29,31)/b21-17-,22-6+. The molecule has 2 aliphatic rings. The molecule has 1 N–H and O–H groups in total. The Morgan fingerprint density at radius 3 is 2.62 bits per heavy atom. The fourth-order valence-corrected chi connectivity index (χ4v) is 3.82. The first-order valence-electron chi connectivity index (χ1n) is 11.1. The van der Waals surface area contributed by atoms with Gasteiger partial charge in [0.2, 0.25) is 5.91 Å². The average Bonchev–Trinajstić information content (AvgIpc) is 2.82. The lowest BCUT2D eigenvalue weighted by Crippen LogP contribution is -2.36. The first-order chi connectivity index (χ1) is 15.7. The van der Waals surface area contributed by atoms with Crippen LogP contribution in [0.4, 0.5) is 5.69 Å². The van der Waals surface area contributed by atoms with Gasteiger partial charge in [-0.25, -0.2) is 0 Å². The molecule has 0 atom stereocenters. The Labute approximate surface area is 190 Å². The molecule has 4 rings (SSSR count). The van der Waals surface area contributed by atoms with Gasteiger partial charge in [-0.15, -0.1) is 0 Å². The summed E-state index contributed by atoms with van der Waals surface area (Å²) in [5, 5.41) is 3.00. The van der Waals surface area contributed by atoms with Crippen LogP contribution in [-0.2, 0) is 16.0 Å². The molecule has 1 amide bonds. The number of hydrogen-bond donors (Lipinski definition) is 1. The summed E-state index contributed by atoms with van der Waals surface area (Å²) in [4.78, 5) is 19.2. The van der Waals surface area contributed by atoms with E-state index in [0.29, 0.717) is 6.54 Å². The van der Waals surface area contributed by atoms with Crippen LogP contribution in [0.1, 0.15) is 25.5 Å². The van der Waals surface area contributed by atoms with Crippen LogP contribution in [0.3, 0.4) is 0 Å². The van der Waals surface area contributed by atoms with E-state index in [1.807, 2.05) is 18.3 Å². The second-order valence-electron chi connectivity index (χ2n) is 8.14. The monoisotopic (exact) mass is 427 g/mol. The van der Waals surface area contributed by atoms with Gasteiger partial charge in [0.15, 0.2) is 0 Å². The second kappa shape index (κ2) is 10.8. The highest BCUT2D eigenvalue weighted by molar-refractivity contribution is 5.78. The highest BCUT2D eigenvalue weighted by atomic mass is 16.5. The Morgan fingerprint density at radius 2 is 1.88 bits per heavy atom. The lowest BCUT2D eigenvalue weighted by molar-refractivity contribution is -0.120. The van der Waals surface area contributed by atoms with E-state index in [2.05, 4.69) is 70.4 Å². The summed E-state index contributed by atoms with van der Waals surface area (Å²) < 4.78 is 5.42. The van der Waals surface area contributed by atoms with Gasteiger partial charge in [-0.1, -0.05) is 47.8 Å². The average molecular weight is 428 g/mol. The van der Waals surface area contributed by atoms with Crippen LogP contribution < -0.4 is 10.2 Å². The molecule has 1 aliphatic heterocycles. The number of rotatable bonds is 6. The molecule has 2 heterocycles. The SMILES string of the molecule is C/C1=C/C(CNC(=O)Cc2ccc(-c3ccc(N4CCOCC4)cc3)cn2)=C\CC#CC1. The second-order valence-corrected chi connectivity index (χ2v) is 8.14. The summed E-state index contributed by atoms with van der Waals surface area (Å²) in [5.74, 6) is 6.21. The number of carbonyl (C=O) groups is 1. The van der Waals surface area contributed by atoms with E-state index < -0.39 is 0 Å². The number of benzene rings is 1. The number of nitrogens with one attached hydrogen (secondary N) is 1. The van der Waals surface area contributed by atoms with Crippen LogP contribution in [0, 0.1) is 11.8 Å². The number of allylic oxidation sites excluding steroid dienone is 2. The maximum absolute atomic E-state index is 12.4. The summed E-state index contributed by atoms with van der Waals surface area (Å²) in [6, 6.07) is 12.5. The molecule has 0 radical (unpaired) electrons. The Balaban J connectivity index is 1.31. The number of hydrogen-bond acceptors (Lipinski definition) is 4. The minimum absolute atomic E-state index is 0.0276. The molecule has 0 spiro atoms. The van der Waals surface area contributed by atoms with E-state index in [-0.39, 0.29) is 12.3 Å². The minimum atomic E-state index is -0.0276. The number of pyridine rings is 1. The molecule has 5 nitrogen and oxygen atoms in total. The van der Waals surface area contributed by atoms with Crippen molar-refractivity contribution in [2.24, 2.45) is 0 Å². The van der Waals surface area contributed by atoms with Crippen molar-refractivity contribution in [2.45, 2.75) is 26.2 Å². The number of carbonyl (C=O) groups excluding carboxylic acids is 1. The Bertz CT molecular complexity index is 1050. The predicted molar refractivity (Wildman–Crippen MR) is 128 cm³/mol. The van der Waals surface area contributed by atoms with E-state index in [1.54, 1.807) is 0 Å². The molecule has 1 fully saturated rings. The largest absolute Gasteiger partial charge is 0.378 e. The highest BCUT2D eigenvalue weighted by Crippen LogP contribution is 2.23. The van der Waals surface area contributed by atoms with Crippen LogP contribution >= 0.6 is 0 Å². The Morgan fingerprint density at radius 1 is 1.09 bits per heavy atom. The van der Waals surface area contributed by atoms with Crippen molar-refractivity contribution in [1.29, 1.82) is 0 Å².